The molecule has 0 spiro atoms. The molecule has 0 fully saturated rings. The number of hydrogen-bond donors (Lipinski definition) is 1. The first kappa shape index (κ1) is 34.8. The van der Waals surface area contributed by atoms with Gasteiger partial charge in [0.1, 0.15) is 0 Å². The normalized spacial score (nSPS) is 15.1. The monoisotopic (exact) mass is 808 g/mol. The molecule has 3 heterocycles. The highest BCUT2D eigenvalue weighted by molar-refractivity contribution is 7.26. The molecule has 0 saturated heterocycles. The lowest BCUT2D eigenvalue weighted by atomic mass is 9.57. The van der Waals surface area contributed by atoms with Crippen LogP contribution in [0.15, 0.2) is 164 Å². The van der Waals surface area contributed by atoms with E-state index < -0.39 is 0 Å². The molecular formula is C58H41BN2S. The van der Waals surface area contributed by atoms with Crippen LogP contribution in [0.1, 0.15) is 49.9 Å². The molecule has 2 aliphatic carbocycles. The molecule has 0 atom stereocenters. The predicted octanol–water partition coefficient (Wildman–Crippen LogP) is 14.3. The van der Waals surface area contributed by atoms with E-state index in [1.165, 1.54) is 136 Å². The number of H-pyrrole nitrogens is 1. The molecule has 4 heteroatoms. The highest BCUT2D eigenvalue weighted by Gasteiger charge is 2.40. The molecule has 9 aromatic carbocycles. The van der Waals surface area contributed by atoms with E-state index >= 15 is 0 Å². The van der Waals surface area contributed by atoms with E-state index in [4.69, 9.17) is 0 Å². The third kappa shape index (κ3) is 4.45. The van der Waals surface area contributed by atoms with Gasteiger partial charge in [0.2, 0.25) is 0 Å². The van der Waals surface area contributed by atoms with Crippen molar-refractivity contribution < 1.29 is 0 Å². The number of para-hydroxylation sites is 1. The molecule has 292 valence electrons. The minimum absolute atomic E-state index is 0.0721. The van der Waals surface area contributed by atoms with E-state index in [1.807, 2.05) is 11.3 Å². The van der Waals surface area contributed by atoms with Gasteiger partial charge in [-0.3, -0.25) is 0 Å². The molecule has 2 nitrogen and oxygen atoms in total. The number of nitrogens with one attached hydrogen (secondary N) is 1. The Labute approximate surface area is 365 Å². The molecule has 14 rings (SSSR count). The van der Waals surface area contributed by atoms with Crippen LogP contribution in [0.5, 0.6) is 0 Å². The van der Waals surface area contributed by atoms with Crippen LogP contribution in [0.2, 0.25) is 0 Å². The Morgan fingerprint density at radius 3 is 1.94 bits per heavy atom. The Balaban J connectivity index is 1.10. The highest BCUT2D eigenvalue weighted by atomic mass is 32.1. The summed E-state index contributed by atoms with van der Waals surface area (Å²) in [5.41, 5.74) is 22.3. The van der Waals surface area contributed by atoms with Crippen molar-refractivity contribution in [2.75, 3.05) is 4.90 Å². The van der Waals surface area contributed by atoms with Crippen molar-refractivity contribution in [3.05, 3.63) is 186 Å². The predicted molar refractivity (Wildman–Crippen MR) is 268 cm³/mol. The van der Waals surface area contributed by atoms with Crippen LogP contribution in [0.25, 0.3) is 86.1 Å². The zero-order valence-corrected chi connectivity index (χ0v) is 36.0. The van der Waals surface area contributed by atoms with E-state index in [9.17, 15) is 0 Å². The third-order valence-electron chi connectivity index (χ3n) is 15.0. The van der Waals surface area contributed by atoms with Gasteiger partial charge in [0.05, 0.1) is 5.52 Å². The Hall–Kier alpha value is -6.88. The Morgan fingerprint density at radius 1 is 0.484 bits per heavy atom. The van der Waals surface area contributed by atoms with Gasteiger partial charge in [-0.05, 0) is 109 Å². The fourth-order valence-corrected chi connectivity index (χ4v) is 13.2. The molecule has 0 bridgehead atoms. The van der Waals surface area contributed by atoms with Crippen molar-refractivity contribution in [2.24, 2.45) is 0 Å². The number of aromatic nitrogens is 1. The van der Waals surface area contributed by atoms with Gasteiger partial charge in [-0.15, -0.1) is 11.3 Å². The summed E-state index contributed by atoms with van der Waals surface area (Å²) in [4.78, 5) is 6.62. The summed E-state index contributed by atoms with van der Waals surface area (Å²) in [5, 5.41) is 7.67. The van der Waals surface area contributed by atoms with Gasteiger partial charge in [-0.25, -0.2) is 0 Å². The van der Waals surface area contributed by atoms with E-state index in [1.54, 1.807) is 0 Å². The number of anilines is 3. The minimum atomic E-state index is -0.104. The van der Waals surface area contributed by atoms with Crippen LogP contribution in [0.3, 0.4) is 0 Å². The lowest BCUT2D eigenvalue weighted by molar-refractivity contribution is 0.660. The van der Waals surface area contributed by atoms with Gasteiger partial charge in [0.25, 0.3) is 0 Å². The van der Waals surface area contributed by atoms with Crippen LogP contribution in [0, 0.1) is 0 Å². The molecular weight excluding hydrogens is 768 g/mol. The van der Waals surface area contributed by atoms with Gasteiger partial charge < -0.3 is 9.88 Å². The third-order valence-corrected chi connectivity index (χ3v) is 16.2. The van der Waals surface area contributed by atoms with Gasteiger partial charge in [-0.1, -0.05) is 154 Å². The zero-order valence-electron chi connectivity index (χ0n) is 35.2. The maximum Gasteiger partial charge on any atom is 0.198 e. The maximum atomic E-state index is 4.00. The van der Waals surface area contributed by atoms with Gasteiger partial charge in [0.15, 0.2) is 7.28 Å². The first-order chi connectivity index (χ1) is 30.2. The van der Waals surface area contributed by atoms with Crippen molar-refractivity contribution in [1.82, 2.24) is 4.98 Å². The fraction of sp³-hybridized carbons (Fsp3) is 0.103. The van der Waals surface area contributed by atoms with Crippen LogP contribution in [-0.4, -0.2) is 12.3 Å². The largest absolute Gasteiger partial charge is 0.354 e. The molecule has 0 unspecified atom stereocenters. The van der Waals surface area contributed by atoms with Crippen molar-refractivity contribution in [3.8, 4) is 33.4 Å². The number of rotatable bonds is 2. The molecule has 11 aromatic rings. The van der Waals surface area contributed by atoms with E-state index in [0.29, 0.717) is 0 Å². The van der Waals surface area contributed by atoms with Crippen LogP contribution >= 0.6 is 11.3 Å². The number of aromatic amines is 1. The average molecular weight is 809 g/mol. The molecule has 0 amide bonds. The number of fused-ring (bicyclic) bond motifs is 15. The Morgan fingerprint density at radius 2 is 1.13 bits per heavy atom. The van der Waals surface area contributed by atoms with Gasteiger partial charge in [0, 0.05) is 69.9 Å². The first-order valence-corrected chi connectivity index (χ1v) is 22.8. The van der Waals surface area contributed by atoms with Gasteiger partial charge >= 0.3 is 0 Å². The summed E-state index contributed by atoms with van der Waals surface area (Å²) in [6.45, 7) is 9.57. The number of nitrogens with zero attached hydrogens (tertiary/aromatic N) is 1. The second-order valence-corrected chi connectivity index (χ2v) is 20.0. The molecule has 62 heavy (non-hydrogen) atoms. The smallest absolute Gasteiger partial charge is 0.198 e. The molecule has 3 aliphatic rings. The van der Waals surface area contributed by atoms with Crippen molar-refractivity contribution in [2.45, 2.75) is 38.5 Å². The van der Waals surface area contributed by atoms with E-state index in [2.05, 4.69) is 201 Å². The number of hydrogen-bond acceptors (Lipinski definition) is 2. The quantitative estimate of drug-likeness (QED) is 0.172. The second-order valence-electron chi connectivity index (χ2n) is 18.9. The van der Waals surface area contributed by atoms with E-state index in [-0.39, 0.29) is 10.8 Å². The molecule has 1 aliphatic heterocycles. The standard InChI is InChI=1S/C58H41BN2S/c1-57(2)44-21-10-7-16-35(44)40-28-34(24-25-46(40)57)61-50-29-41-36-17-8-11-22-45(36)58(3,4)47(41)31-48(50)59-54-51(61)30-43-37-18-9-12-23-52(37)62-56(43)53(54)39-20-13-19-38-42-26-32-14-5-6-15-33(32)27-49(42)60-55(38)39/h5-31,59-60H,1-4H3. The SMILES string of the molecule is CC1(C)c2ccccc2-c2cc(N3c4cc5c(cc4Bc4c3cc3c(sc6ccccc63)c4-c3cccc4c3[nH]c3cc6ccccc6cc34)C(C)(C)c3ccccc3-5)ccc21. The van der Waals surface area contributed by atoms with E-state index in [0.717, 1.165) is 7.28 Å². The lowest BCUT2D eigenvalue weighted by Crippen LogP contribution is -2.41. The molecule has 0 saturated carbocycles. The Bertz CT molecular complexity index is 3810. The zero-order chi connectivity index (χ0) is 41.2. The molecule has 0 radical (unpaired) electrons. The number of thiophene rings is 1. The summed E-state index contributed by atoms with van der Waals surface area (Å²) in [5.74, 6) is 0. The highest BCUT2D eigenvalue weighted by Crippen LogP contribution is 2.54. The van der Waals surface area contributed by atoms with Crippen LogP contribution in [-0.2, 0) is 10.8 Å². The van der Waals surface area contributed by atoms with Crippen molar-refractivity contribution in [3.63, 3.8) is 0 Å². The molecule has 2 aromatic heterocycles. The maximum absolute atomic E-state index is 4.00. The summed E-state index contributed by atoms with van der Waals surface area (Å²) in [6, 6.07) is 62.4. The lowest BCUT2D eigenvalue weighted by Gasteiger charge is -2.36. The average Bonchev–Trinajstić information content (AvgIpc) is 3.98. The minimum Gasteiger partial charge on any atom is -0.354 e. The fourth-order valence-electron chi connectivity index (χ4n) is 11.9. The van der Waals surface area contributed by atoms with Gasteiger partial charge in [-0.2, -0.15) is 0 Å². The van der Waals surface area contributed by atoms with Crippen molar-refractivity contribution in [1.29, 1.82) is 0 Å². The Kier molecular flexibility index (Phi) is 6.70. The van der Waals surface area contributed by atoms with Crippen LogP contribution in [0.4, 0.5) is 17.1 Å². The summed E-state index contributed by atoms with van der Waals surface area (Å²) in [6.07, 6.45) is 0. The van der Waals surface area contributed by atoms with Crippen LogP contribution < -0.4 is 15.8 Å². The molecule has 1 N–H and O–H groups in total. The summed E-state index contributed by atoms with van der Waals surface area (Å²) < 4.78 is 2.67. The topological polar surface area (TPSA) is 19.0 Å². The summed E-state index contributed by atoms with van der Waals surface area (Å²) >= 11 is 1.94. The van der Waals surface area contributed by atoms with Crippen molar-refractivity contribution >= 4 is 99.4 Å². The second kappa shape index (κ2) is 11.9. The summed E-state index contributed by atoms with van der Waals surface area (Å²) in [7, 11) is 0.835. The first-order valence-electron chi connectivity index (χ1n) is 22.0. The number of benzene rings is 9.